The molecule has 0 radical (unpaired) electrons. The number of benzene rings is 2. The van der Waals surface area contributed by atoms with E-state index in [0.29, 0.717) is 11.3 Å². The van der Waals surface area contributed by atoms with E-state index in [4.69, 9.17) is 4.74 Å². The molecule has 2 aromatic rings. The lowest BCUT2D eigenvalue weighted by atomic mass is 9.90. The average Bonchev–Trinajstić information content (AvgIpc) is 2.54. The van der Waals surface area contributed by atoms with Gasteiger partial charge in [-0.25, -0.2) is 0 Å². The first kappa shape index (κ1) is 17.7. The van der Waals surface area contributed by atoms with Gasteiger partial charge in [-0.15, -0.1) is 0 Å². The molecule has 1 unspecified atom stereocenters. The van der Waals surface area contributed by atoms with Crippen LogP contribution in [-0.2, 0) is 6.42 Å². The van der Waals surface area contributed by atoms with Crippen LogP contribution in [0.25, 0.3) is 0 Å². The van der Waals surface area contributed by atoms with Crippen LogP contribution in [0.2, 0.25) is 0 Å². The maximum atomic E-state index is 13.7. The highest BCUT2D eigenvalue weighted by Crippen LogP contribution is 2.36. The Morgan fingerprint density at radius 1 is 1.12 bits per heavy atom. The summed E-state index contributed by atoms with van der Waals surface area (Å²) in [7, 11) is 1.47. The number of halogens is 3. The Labute approximate surface area is 138 Å². The van der Waals surface area contributed by atoms with Crippen molar-refractivity contribution in [3.63, 3.8) is 0 Å². The van der Waals surface area contributed by atoms with Gasteiger partial charge in [0.25, 0.3) is 0 Å². The smallest absolute Gasteiger partial charge is 0.425 e. The molecule has 6 heteroatoms. The number of hydrogen-bond donors (Lipinski definition) is 1. The van der Waals surface area contributed by atoms with Crippen LogP contribution in [0.5, 0.6) is 5.75 Å². The van der Waals surface area contributed by atoms with E-state index in [2.05, 4.69) is 5.32 Å². The molecule has 0 saturated heterocycles. The minimum atomic E-state index is -4.74. The van der Waals surface area contributed by atoms with Crippen LogP contribution in [-0.4, -0.2) is 18.8 Å². The average molecular weight is 334 g/mol. The van der Waals surface area contributed by atoms with Crippen molar-refractivity contribution in [2.45, 2.75) is 25.1 Å². The second-order valence-corrected chi connectivity index (χ2v) is 5.53. The molecule has 0 spiro atoms. The van der Waals surface area contributed by atoms with E-state index in [-0.39, 0.29) is 5.69 Å². The molecular formula is C18H17F3N2O. The molecule has 0 aliphatic carbocycles. The molecule has 24 heavy (non-hydrogen) atoms. The summed E-state index contributed by atoms with van der Waals surface area (Å²) in [6.45, 7) is 1.79. The fraction of sp³-hybridized carbons (Fsp3) is 0.278. The Bertz CT molecular complexity index is 735. The minimum Gasteiger partial charge on any atom is -0.497 e. The van der Waals surface area contributed by atoms with Gasteiger partial charge in [0.05, 0.1) is 7.11 Å². The molecule has 1 atom stereocenters. The Hall–Kier alpha value is -2.68. The minimum absolute atomic E-state index is 0.197. The quantitative estimate of drug-likeness (QED) is 0.877. The van der Waals surface area contributed by atoms with Crippen molar-refractivity contribution in [3.8, 4) is 11.8 Å². The van der Waals surface area contributed by atoms with Gasteiger partial charge >= 0.3 is 6.18 Å². The predicted molar refractivity (Wildman–Crippen MR) is 85.9 cm³/mol. The highest BCUT2D eigenvalue weighted by molar-refractivity contribution is 5.51. The van der Waals surface area contributed by atoms with Crippen LogP contribution in [0, 0.1) is 18.3 Å². The van der Waals surface area contributed by atoms with E-state index >= 15 is 0 Å². The Morgan fingerprint density at radius 3 is 2.29 bits per heavy atom. The van der Waals surface area contributed by atoms with Crippen LogP contribution in [0.1, 0.15) is 11.1 Å². The molecule has 0 aromatic heterocycles. The highest BCUT2D eigenvalue weighted by Gasteiger charge is 2.55. The molecule has 1 N–H and O–H groups in total. The van der Waals surface area contributed by atoms with Crippen molar-refractivity contribution in [1.82, 2.24) is 0 Å². The van der Waals surface area contributed by atoms with Gasteiger partial charge in [-0.1, -0.05) is 29.8 Å². The summed E-state index contributed by atoms with van der Waals surface area (Å²) >= 11 is 0. The topological polar surface area (TPSA) is 45.0 Å². The van der Waals surface area contributed by atoms with Crippen molar-refractivity contribution in [2.24, 2.45) is 0 Å². The van der Waals surface area contributed by atoms with Crippen molar-refractivity contribution in [2.75, 3.05) is 12.4 Å². The van der Waals surface area contributed by atoms with Gasteiger partial charge in [-0.3, -0.25) is 0 Å². The number of alkyl halides is 3. The molecule has 0 aliphatic heterocycles. The number of ether oxygens (including phenoxy) is 1. The number of nitriles is 1. The molecule has 3 nitrogen and oxygen atoms in total. The molecular weight excluding hydrogens is 317 g/mol. The lowest BCUT2D eigenvalue weighted by molar-refractivity contribution is -0.162. The summed E-state index contributed by atoms with van der Waals surface area (Å²) in [6.07, 6.45) is -5.23. The van der Waals surface area contributed by atoms with Crippen LogP contribution >= 0.6 is 0 Å². The molecule has 126 valence electrons. The van der Waals surface area contributed by atoms with Gasteiger partial charge in [0.1, 0.15) is 11.8 Å². The van der Waals surface area contributed by atoms with E-state index < -0.39 is 18.1 Å². The standard InChI is InChI=1S/C18H17F3N2O/c1-13-4-3-5-14(10-13)11-17(12-22,18(19,20)21)23-15-6-8-16(24-2)9-7-15/h3-10,23H,11H2,1-2H3. The molecule has 0 heterocycles. The Morgan fingerprint density at radius 2 is 1.79 bits per heavy atom. The second-order valence-electron chi connectivity index (χ2n) is 5.53. The third-order valence-electron chi connectivity index (χ3n) is 3.67. The van der Waals surface area contributed by atoms with E-state index in [1.54, 1.807) is 31.2 Å². The fourth-order valence-corrected chi connectivity index (χ4v) is 2.40. The lowest BCUT2D eigenvalue weighted by Crippen LogP contribution is -2.52. The zero-order chi connectivity index (χ0) is 17.8. The molecule has 2 rings (SSSR count). The van der Waals surface area contributed by atoms with Crippen molar-refractivity contribution >= 4 is 5.69 Å². The summed E-state index contributed by atoms with van der Waals surface area (Å²) in [6, 6.07) is 14.1. The molecule has 0 saturated carbocycles. The molecule has 2 aromatic carbocycles. The number of anilines is 1. The van der Waals surface area contributed by atoms with Crippen LogP contribution in [0.15, 0.2) is 48.5 Å². The van der Waals surface area contributed by atoms with Gasteiger partial charge in [0.2, 0.25) is 5.54 Å². The number of hydrogen-bond acceptors (Lipinski definition) is 3. The van der Waals surface area contributed by atoms with Crippen LogP contribution in [0.3, 0.4) is 0 Å². The predicted octanol–water partition coefficient (Wildman–Crippen LogP) is 4.48. The van der Waals surface area contributed by atoms with E-state index in [9.17, 15) is 18.4 Å². The molecule has 0 bridgehead atoms. The van der Waals surface area contributed by atoms with Gasteiger partial charge in [0, 0.05) is 12.1 Å². The summed E-state index contributed by atoms with van der Waals surface area (Å²) < 4.78 is 46.0. The van der Waals surface area contributed by atoms with E-state index in [1.807, 2.05) is 0 Å². The highest BCUT2D eigenvalue weighted by atomic mass is 19.4. The largest absolute Gasteiger partial charge is 0.497 e. The third-order valence-corrected chi connectivity index (χ3v) is 3.67. The van der Waals surface area contributed by atoms with Gasteiger partial charge in [-0.2, -0.15) is 18.4 Å². The SMILES string of the molecule is COc1ccc(NC(C#N)(Cc2cccc(C)c2)C(F)(F)F)cc1. The first-order chi connectivity index (χ1) is 11.3. The number of aryl methyl sites for hydroxylation is 1. The van der Waals surface area contributed by atoms with Crippen molar-refractivity contribution < 1.29 is 17.9 Å². The maximum Gasteiger partial charge on any atom is 0.425 e. The second kappa shape index (κ2) is 6.83. The lowest BCUT2D eigenvalue weighted by Gasteiger charge is -2.31. The number of nitrogens with zero attached hydrogens (tertiary/aromatic N) is 1. The Balaban J connectivity index is 2.37. The number of rotatable bonds is 5. The molecule has 0 fully saturated rings. The molecule has 0 aliphatic rings. The number of methoxy groups -OCH3 is 1. The van der Waals surface area contributed by atoms with Gasteiger partial charge in [-0.05, 0) is 36.8 Å². The maximum absolute atomic E-state index is 13.7. The number of nitrogens with one attached hydrogen (secondary N) is 1. The fourth-order valence-electron chi connectivity index (χ4n) is 2.40. The monoisotopic (exact) mass is 334 g/mol. The third kappa shape index (κ3) is 3.80. The van der Waals surface area contributed by atoms with Gasteiger partial charge < -0.3 is 10.1 Å². The van der Waals surface area contributed by atoms with Crippen LogP contribution in [0.4, 0.5) is 18.9 Å². The zero-order valence-corrected chi connectivity index (χ0v) is 13.3. The Kier molecular flexibility index (Phi) is 5.03. The summed E-state index contributed by atoms with van der Waals surface area (Å²) in [4.78, 5) is 0. The first-order valence-electron chi connectivity index (χ1n) is 7.25. The van der Waals surface area contributed by atoms with Gasteiger partial charge in [0.15, 0.2) is 0 Å². The molecule has 0 amide bonds. The summed E-state index contributed by atoms with van der Waals surface area (Å²) in [5.74, 6) is 0.522. The first-order valence-corrected chi connectivity index (χ1v) is 7.25. The van der Waals surface area contributed by atoms with E-state index in [1.165, 1.54) is 37.4 Å². The normalized spacial score (nSPS) is 13.7. The van der Waals surface area contributed by atoms with Crippen molar-refractivity contribution in [1.29, 1.82) is 5.26 Å². The summed E-state index contributed by atoms with van der Waals surface area (Å²) in [5, 5.41) is 11.7. The van der Waals surface area contributed by atoms with Crippen LogP contribution < -0.4 is 10.1 Å². The zero-order valence-electron chi connectivity index (χ0n) is 13.3. The van der Waals surface area contributed by atoms with E-state index in [0.717, 1.165) is 5.56 Å². The summed E-state index contributed by atoms with van der Waals surface area (Å²) in [5.41, 5.74) is -1.24. The van der Waals surface area contributed by atoms with Crippen molar-refractivity contribution in [3.05, 3.63) is 59.7 Å².